The first-order valence-electron chi connectivity index (χ1n) is 10.3. The van der Waals surface area contributed by atoms with Crippen molar-refractivity contribution in [2.24, 2.45) is 0 Å². The molecule has 0 unspecified atom stereocenters. The number of hydrogen-bond acceptors (Lipinski definition) is 3. The molecule has 0 aliphatic rings. The van der Waals surface area contributed by atoms with Gasteiger partial charge in [0, 0.05) is 13.0 Å². The van der Waals surface area contributed by atoms with E-state index in [-0.39, 0.29) is 5.91 Å². The summed E-state index contributed by atoms with van der Waals surface area (Å²) in [6.07, 6.45) is 16.8. The summed E-state index contributed by atoms with van der Waals surface area (Å²) in [4.78, 5) is 24.6. The van der Waals surface area contributed by atoms with Crippen LogP contribution < -0.4 is 5.32 Å². The smallest absolute Gasteiger partial charge is 0.320 e. The van der Waals surface area contributed by atoms with E-state index in [1.54, 1.807) is 19.0 Å². The van der Waals surface area contributed by atoms with Gasteiger partial charge in [0.2, 0.25) is 5.91 Å². The first kappa shape index (κ1) is 24.6. The maximum Gasteiger partial charge on any atom is 0.320 e. The van der Waals surface area contributed by atoms with Crippen LogP contribution in [0.1, 0.15) is 84.0 Å². The number of carboxylic acids is 1. The summed E-state index contributed by atoms with van der Waals surface area (Å²) in [5, 5.41) is 12.0. The summed E-state index contributed by atoms with van der Waals surface area (Å²) in [6, 6.07) is -0.437. The Hall–Kier alpha value is -1.36. The molecule has 0 aromatic carbocycles. The molecule has 0 aromatic heterocycles. The van der Waals surface area contributed by atoms with Crippen LogP contribution in [0, 0.1) is 0 Å². The monoisotopic (exact) mass is 368 g/mol. The third kappa shape index (κ3) is 14.9. The molecule has 5 heteroatoms. The van der Waals surface area contributed by atoms with Gasteiger partial charge in [-0.15, -0.1) is 0 Å². The summed E-state index contributed by atoms with van der Waals surface area (Å²) in [6.45, 7) is 2.80. The van der Waals surface area contributed by atoms with Gasteiger partial charge in [-0.05, 0) is 59.0 Å². The minimum absolute atomic E-state index is 0.122. The number of rotatable bonds is 17. The van der Waals surface area contributed by atoms with Gasteiger partial charge < -0.3 is 10.4 Å². The quantitative estimate of drug-likeness (QED) is 0.295. The minimum Gasteiger partial charge on any atom is -0.480 e. The number of hydrogen-bond donors (Lipinski definition) is 2. The molecule has 0 saturated heterocycles. The highest BCUT2D eigenvalue weighted by Gasteiger charge is 2.18. The number of unbranched alkanes of at least 4 members (excludes halogenated alkanes) is 7. The molecule has 2 N–H and O–H groups in total. The number of likely N-dealkylation sites (N-methyl/N-ethyl adjacent to an activating group) is 1. The van der Waals surface area contributed by atoms with Crippen LogP contribution in [0.5, 0.6) is 0 Å². The second kappa shape index (κ2) is 17.1. The number of nitrogens with one attached hydrogen (secondary N) is 1. The van der Waals surface area contributed by atoms with Crippen molar-refractivity contribution in [1.82, 2.24) is 10.2 Å². The van der Waals surface area contributed by atoms with E-state index in [0.717, 1.165) is 32.1 Å². The molecule has 0 aliphatic carbocycles. The lowest BCUT2D eigenvalue weighted by Crippen LogP contribution is -2.35. The van der Waals surface area contributed by atoms with Gasteiger partial charge in [0.1, 0.15) is 6.04 Å². The normalized spacial score (nSPS) is 12.6. The van der Waals surface area contributed by atoms with Crippen molar-refractivity contribution in [2.45, 2.75) is 90.0 Å². The SMILES string of the molecule is CC/C=C/CCCCCCCCC(=O)NCCCC[C@@H](C(=O)O)N(C)C. The molecule has 1 amide bonds. The fourth-order valence-electron chi connectivity index (χ4n) is 2.92. The highest BCUT2D eigenvalue weighted by atomic mass is 16.4. The maximum atomic E-state index is 11.8. The molecule has 0 radical (unpaired) electrons. The highest BCUT2D eigenvalue weighted by Crippen LogP contribution is 2.09. The molecular formula is C21H40N2O3. The van der Waals surface area contributed by atoms with Crippen LogP contribution >= 0.6 is 0 Å². The lowest BCUT2D eigenvalue weighted by molar-refractivity contribution is -0.142. The van der Waals surface area contributed by atoms with Crippen LogP contribution in [0.4, 0.5) is 0 Å². The molecule has 152 valence electrons. The first-order chi connectivity index (χ1) is 12.5. The van der Waals surface area contributed by atoms with Crippen LogP contribution in [0.25, 0.3) is 0 Å². The van der Waals surface area contributed by atoms with Crippen LogP contribution in [-0.4, -0.2) is 48.6 Å². The molecule has 1 atom stereocenters. The Morgan fingerprint density at radius 2 is 1.62 bits per heavy atom. The third-order valence-electron chi connectivity index (χ3n) is 4.56. The number of allylic oxidation sites excluding steroid dienone is 2. The molecule has 0 rings (SSSR count). The molecular weight excluding hydrogens is 328 g/mol. The second-order valence-corrected chi connectivity index (χ2v) is 7.20. The maximum absolute atomic E-state index is 11.8. The summed E-state index contributed by atoms with van der Waals surface area (Å²) >= 11 is 0. The van der Waals surface area contributed by atoms with Crippen molar-refractivity contribution in [3.8, 4) is 0 Å². The Bertz CT molecular complexity index is 395. The average molecular weight is 369 g/mol. The Morgan fingerprint density at radius 1 is 0.962 bits per heavy atom. The van der Waals surface area contributed by atoms with Crippen LogP contribution in [0.2, 0.25) is 0 Å². The summed E-state index contributed by atoms with van der Waals surface area (Å²) in [7, 11) is 3.56. The lowest BCUT2D eigenvalue weighted by Gasteiger charge is -2.19. The predicted octanol–water partition coefficient (Wildman–Crippen LogP) is 4.37. The zero-order chi connectivity index (χ0) is 19.6. The van der Waals surface area contributed by atoms with Gasteiger partial charge in [-0.3, -0.25) is 14.5 Å². The van der Waals surface area contributed by atoms with E-state index in [1.165, 1.54) is 32.1 Å². The van der Waals surface area contributed by atoms with Gasteiger partial charge in [0.15, 0.2) is 0 Å². The number of amides is 1. The summed E-state index contributed by atoms with van der Waals surface area (Å²) < 4.78 is 0. The Balaban J connectivity index is 3.44. The molecule has 0 fully saturated rings. The molecule has 0 spiro atoms. The van der Waals surface area contributed by atoms with Gasteiger partial charge in [-0.1, -0.05) is 44.8 Å². The molecule has 5 nitrogen and oxygen atoms in total. The Morgan fingerprint density at radius 3 is 2.23 bits per heavy atom. The minimum atomic E-state index is -0.781. The van der Waals surface area contributed by atoms with Crippen molar-refractivity contribution in [3.63, 3.8) is 0 Å². The topological polar surface area (TPSA) is 69.6 Å². The zero-order valence-electron chi connectivity index (χ0n) is 17.1. The van der Waals surface area contributed by atoms with Crippen LogP contribution in [-0.2, 0) is 9.59 Å². The summed E-state index contributed by atoms with van der Waals surface area (Å²) in [5.41, 5.74) is 0. The Labute approximate surface area is 160 Å². The van der Waals surface area contributed by atoms with Crippen molar-refractivity contribution in [2.75, 3.05) is 20.6 Å². The molecule has 0 aromatic rings. The van der Waals surface area contributed by atoms with E-state index in [9.17, 15) is 9.59 Å². The van der Waals surface area contributed by atoms with Crippen molar-refractivity contribution < 1.29 is 14.7 Å². The summed E-state index contributed by atoms with van der Waals surface area (Å²) in [5.74, 6) is -0.659. The molecule has 0 saturated carbocycles. The van der Waals surface area contributed by atoms with Crippen molar-refractivity contribution in [3.05, 3.63) is 12.2 Å². The highest BCUT2D eigenvalue weighted by molar-refractivity contribution is 5.75. The average Bonchev–Trinajstić information content (AvgIpc) is 2.58. The fraction of sp³-hybridized carbons (Fsp3) is 0.810. The lowest BCUT2D eigenvalue weighted by atomic mass is 10.1. The number of aliphatic carboxylic acids is 1. The van der Waals surface area contributed by atoms with Crippen molar-refractivity contribution in [1.29, 1.82) is 0 Å². The fourth-order valence-corrected chi connectivity index (χ4v) is 2.92. The van der Waals surface area contributed by atoms with Gasteiger partial charge in [0.05, 0.1) is 0 Å². The third-order valence-corrected chi connectivity index (χ3v) is 4.56. The second-order valence-electron chi connectivity index (χ2n) is 7.20. The molecule has 26 heavy (non-hydrogen) atoms. The first-order valence-corrected chi connectivity index (χ1v) is 10.3. The van der Waals surface area contributed by atoms with Crippen molar-refractivity contribution >= 4 is 11.9 Å². The van der Waals surface area contributed by atoms with E-state index >= 15 is 0 Å². The predicted molar refractivity (Wildman–Crippen MR) is 108 cm³/mol. The molecule has 0 heterocycles. The zero-order valence-corrected chi connectivity index (χ0v) is 17.1. The van der Waals surface area contributed by atoms with Gasteiger partial charge in [-0.2, -0.15) is 0 Å². The Kier molecular flexibility index (Phi) is 16.2. The van der Waals surface area contributed by atoms with Gasteiger partial charge >= 0.3 is 5.97 Å². The van der Waals surface area contributed by atoms with E-state index < -0.39 is 12.0 Å². The number of carbonyl (C=O) groups is 2. The van der Waals surface area contributed by atoms with Gasteiger partial charge in [-0.25, -0.2) is 0 Å². The standard InChI is InChI=1S/C21H40N2O3/c1-4-5-6-7-8-9-10-11-12-13-17-20(24)22-18-15-14-16-19(21(25)26)23(2)3/h5-6,19H,4,7-18H2,1-3H3,(H,22,24)(H,25,26)/b6-5+/t19-/m0/s1. The van der Waals surface area contributed by atoms with Crippen LogP contribution in [0.3, 0.4) is 0 Å². The molecule has 0 bridgehead atoms. The van der Waals surface area contributed by atoms with Crippen LogP contribution in [0.15, 0.2) is 12.2 Å². The van der Waals surface area contributed by atoms with E-state index in [2.05, 4.69) is 24.4 Å². The van der Waals surface area contributed by atoms with E-state index in [0.29, 0.717) is 19.4 Å². The molecule has 0 aliphatic heterocycles. The number of carbonyl (C=O) groups excluding carboxylic acids is 1. The number of carboxylic acid groups (broad SMARTS) is 1. The largest absolute Gasteiger partial charge is 0.480 e. The van der Waals surface area contributed by atoms with E-state index in [1.807, 2.05) is 0 Å². The number of nitrogens with zero attached hydrogens (tertiary/aromatic N) is 1. The van der Waals surface area contributed by atoms with E-state index in [4.69, 9.17) is 5.11 Å². The van der Waals surface area contributed by atoms with Gasteiger partial charge in [0.25, 0.3) is 0 Å².